The molecule has 48 heavy (non-hydrogen) atoms. The second-order valence-electron chi connectivity index (χ2n) is 11.0. The quantitative estimate of drug-likeness (QED) is 0.0331. The van der Waals surface area contributed by atoms with E-state index in [1.807, 2.05) is 30.3 Å². The molecule has 1 aromatic heterocycles. The Balaban J connectivity index is 1.32. The lowest BCUT2D eigenvalue weighted by atomic mass is 9.95. The van der Waals surface area contributed by atoms with E-state index in [2.05, 4.69) is 17.1 Å². The van der Waals surface area contributed by atoms with Crippen LogP contribution < -0.4 is 14.4 Å². The zero-order chi connectivity index (χ0) is 33.5. The van der Waals surface area contributed by atoms with Crippen molar-refractivity contribution in [1.29, 1.82) is 0 Å². The van der Waals surface area contributed by atoms with Crippen molar-refractivity contribution in [2.45, 2.75) is 42.5 Å². The Labute approximate surface area is 285 Å². The van der Waals surface area contributed by atoms with Gasteiger partial charge in [0, 0.05) is 11.3 Å². The predicted octanol–water partition coefficient (Wildman–Crippen LogP) is 8.35. The zero-order valence-electron chi connectivity index (χ0n) is 26.0. The van der Waals surface area contributed by atoms with Gasteiger partial charge in [-0.2, -0.15) is 0 Å². The fourth-order valence-corrected chi connectivity index (χ4v) is 7.00. The number of anilines is 1. The molecule has 0 aliphatic carbocycles. The Morgan fingerprint density at radius 2 is 1.58 bits per heavy atom. The Bertz CT molecular complexity index is 1910. The fraction of sp³-hybridized carbons (Fsp3) is 0.189. The van der Waals surface area contributed by atoms with Crippen molar-refractivity contribution in [2.24, 2.45) is 0 Å². The molecule has 6 rings (SSSR count). The van der Waals surface area contributed by atoms with Crippen LogP contribution in [0.2, 0.25) is 0 Å². The van der Waals surface area contributed by atoms with Gasteiger partial charge in [-0.25, -0.2) is 4.39 Å². The molecule has 1 N–H and O–H groups in total. The van der Waals surface area contributed by atoms with Gasteiger partial charge in [0.25, 0.3) is 5.78 Å². The number of nitrogens with zero attached hydrogens (tertiary/aromatic N) is 3. The second kappa shape index (κ2) is 15.3. The van der Waals surface area contributed by atoms with Gasteiger partial charge in [-0.05, 0) is 65.6 Å². The third kappa shape index (κ3) is 7.42. The lowest BCUT2D eigenvalue weighted by molar-refractivity contribution is -0.132. The van der Waals surface area contributed by atoms with Crippen LogP contribution in [-0.4, -0.2) is 33.6 Å². The van der Waals surface area contributed by atoms with Crippen LogP contribution in [0.1, 0.15) is 48.1 Å². The molecule has 1 aliphatic rings. The standard InChI is InChI=1S/C37H32FN3O5S2/c1-2-3-21-45-28-19-15-26(16-20-28)33(42)31-32(25-13-17-29(18-14-25)46-22-24-9-5-4-6-10-24)41(35(44)34(31)43)36-39-40-37(48-36)47-23-27-11-7-8-12-30(27)38/h4-20,32,42H,2-3,21-23H2,1H3/b33-31-. The van der Waals surface area contributed by atoms with E-state index in [9.17, 15) is 19.1 Å². The first-order valence-electron chi connectivity index (χ1n) is 15.4. The molecule has 0 spiro atoms. The lowest BCUT2D eigenvalue weighted by Crippen LogP contribution is -2.29. The highest BCUT2D eigenvalue weighted by molar-refractivity contribution is 8.00. The van der Waals surface area contributed by atoms with Gasteiger partial charge in [0.2, 0.25) is 5.13 Å². The van der Waals surface area contributed by atoms with Gasteiger partial charge in [0.05, 0.1) is 18.2 Å². The fourth-order valence-electron chi connectivity index (χ4n) is 5.14. The number of aromatic nitrogens is 2. The number of rotatable bonds is 13. The molecular formula is C37H32FN3O5S2. The molecule has 0 saturated carbocycles. The number of Topliss-reactive ketones (excluding diaryl/α,β-unsaturated/α-hetero) is 1. The van der Waals surface area contributed by atoms with Crippen molar-refractivity contribution >= 4 is 45.7 Å². The molecule has 8 nitrogen and oxygen atoms in total. The topological polar surface area (TPSA) is 102 Å². The largest absolute Gasteiger partial charge is 0.507 e. The van der Waals surface area contributed by atoms with Crippen LogP contribution in [0, 0.1) is 5.82 Å². The van der Waals surface area contributed by atoms with Crippen molar-refractivity contribution in [3.05, 3.63) is 137 Å². The van der Waals surface area contributed by atoms with E-state index >= 15 is 0 Å². The first-order chi connectivity index (χ1) is 23.4. The van der Waals surface area contributed by atoms with E-state index in [0.717, 1.165) is 29.7 Å². The number of unbranched alkanes of at least 4 members (excludes halogenated alkanes) is 1. The predicted molar refractivity (Wildman–Crippen MR) is 185 cm³/mol. The average Bonchev–Trinajstić information content (AvgIpc) is 3.69. The number of halogens is 1. The number of amides is 1. The van der Waals surface area contributed by atoms with Crippen LogP contribution in [0.3, 0.4) is 0 Å². The third-order valence-electron chi connectivity index (χ3n) is 7.69. The molecule has 0 radical (unpaired) electrons. The van der Waals surface area contributed by atoms with Crippen LogP contribution in [0.4, 0.5) is 9.52 Å². The van der Waals surface area contributed by atoms with Crippen LogP contribution in [0.25, 0.3) is 5.76 Å². The zero-order valence-corrected chi connectivity index (χ0v) is 27.7. The summed E-state index contributed by atoms with van der Waals surface area (Å²) in [4.78, 5) is 28.6. The van der Waals surface area contributed by atoms with E-state index in [-0.39, 0.29) is 22.3 Å². The third-order valence-corrected chi connectivity index (χ3v) is 9.80. The number of benzene rings is 4. The summed E-state index contributed by atoms with van der Waals surface area (Å²) in [5.41, 5.74) is 2.38. The number of aliphatic hydroxyl groups excluding tert-OH is 1. The van der Waals surface area contributed by atoms with Crippen LogP contribution in [0.15, 0.2) is 113 Å². The van der Waals surface area contributed by atoms with Crippen LogP contribution >= 0.6 is 23.1 Å². The maximum Gasteiger partial charge on any atom is 0.301 e. The minimum Gasteiger partial charge on any atom is -0.507 e. The highest BCUT2D eigenvalue weighted by atomic mass is 32.2. The van der Waals surface area contributed by atoms with Crippen molar-refractivity contribution in [1.82, 2.24) is 10.2 Å². The molecule has 1 unspecified atom stereocenters. The summed E-state index contributed by atoms with van der Waals surface area (Å²) in [6.07, 6.45) is 1.91. The number of thioether (sulfide) groups is 1. The lowest BCUT2D eigenvalue weighted by Gasteiger charge is -2.22. The SMILES string of the molecule is CCCCOc1ccc(/C(O)=C2/C(=O)C(=O)N(c3nnc(SCc4ccccc4F)s3)C2c2ccc(OCc3ccccc3)cc2)cc1. The summed E-state index contributed by atoms with van der Waals surface area (Å²) >= 11 is 2.39. The van der Waals surface area contributed by atoms with E-state index in [1.165, 1.54) is 22.7 Å². The number of carbonyl (C=O) groups is 2. The molecule has 2 heterocycles. The minimum absolute atomic E-state index is 0.0756. The van der Waals surface area contributed by atoms with Crippen molar-refractivity contribution < 1.29 is 28.6 Å². The first kappa shape index (κ1) is 32.9. The maximum absolute atomic E-state index is 14.2. The normalized spacial score (nSPS) is 15.5. The molecule has 1 fully saturated rings. The first-order valence-corrected chi connectivity index (χ1v) is 17.2. The summed E-state index contributed by atoms with van der Waals surface area (Å²) in [5, 5.41) is 20.2. The number of hydrogen-bond acceptors (Lipinski definition) is 9. The van der Waals surface area contributed by atoms with Crippen molar-refractivity contribution in [3.8, 4) is 11.5 Å². The number of ketones is 1. The molecule has 4 aromatic carbocycles. The summed E-state index contributed by atoms with van der Waals surface area (Å²) in [5.74, 6) is -0.778. The molecule has 1 aliphatic heterocycles. The summed E-state index contributed by atoms with van der Waals surface area (Å²) < 4.78 is 26.4. The molecule has 5 aromatic rings. The van der Waals surface area contributed by atoms with Crippen LogP contribution in [-0.2, 0) is 21.9 Å². The molecule has 11 heteroatoms. The summed E-state index contributed by atoms with van der Waals surface area (Å²) in [6, 6.07) is 29.0. The summed E-state index contributed by atoms with van der Waals surface area (Å²) in [6.45, 7) is 3.02. The molecule has 1 atom stereocenters. The van der Waals surface area contributed by atoms with Gasteiger partial charge in [-0.1, -0.05) is 97.1 Å². The Morgan fingerprint density at radius 3 is 2.31 bits per heavy atom. The van der Waals surface area contributed by atoms with E-state index in [4.69, 9.17) is 9.47 Å². The highest BCUT2D eigenvalue weighted by Crippen LogP contribution is 2.44. The molecule has 1 amide bonds. The Morgan fingerprint density at radius 1 is 0.896 bits per heavy atom. The van der Waals surface area contributed by atoms with Gasteiger partial charge in [-0.15, -0.1) is 10.2 Å². The van der Waals surface area contributed by atoms with Gasteiger partial charge in [0.1, 0.15) is 29.7 Å². The van der Waals surface area contributed by atoms with Gasteiger partial charge in [-0.3, -0.25) is 14.5 Å². The highest BCUT2D eigenvalue weighted by Gasteiger charge is 2.48. The smallest absolute Gasteiger partial charge is 0.301 e. The number of carbonyl (C=O) groups excluding carboxylic acids is 2. The van der Waals surface area contributed by atoms with Crippen molar-refractivity contribution in [3.63, 3.8) is 0 Å². The monoisotopic (exact) mass is 681 g/mol. The number of aliphatic hydroxyl groups is 1. The molecular weight excluding hydrogens is 650 g/mol. The second-order valence-corrected chi connectivity index (χ2v) is 13.1. The molecule has 0 bridgehead atoms. The van der Waals surface area contributed by atoms with E-state index < -0.39 is 17.7 Å². The van der Waals surface area contributed by atoms with Crippen LogP contribution in [0.5, 0.6) is 11.5 Å². The Kier molecular flexibility index (Phi) is 10.5. The Hall–Kier alpha value is -5.00. The summed E-state index contributed by atoms with van der Waals surface area (Å²) in [7, 11) is 0. The average molecular weight is 682 g/mol. The minimum atomic E-state index is -0.994. The van der Waals surface area contributed by atoms with E-state index in [0.29, 0.717) is 51.5 Å². The van der Waals surface area contributed by atoms with E-state index in [1.54, 1.807) is 66.7 Å². The number of ether oxygens (including phenoxy) is 2. The van der Waals surface area contributed by atoms with Gasteiger partial charge >= 0.3 is 5.91 Å². The maximum atomic E-state index is 14.2. The number of hydrogen-bond donors (Lipinski definition) is 1. The molecule has 1 saturated heterocycles. The van der Waals surface area contributed by atoms with Crippen molar-refractivity contribution in [2.75, 3.05) is 11.5 Å². The molecule has 244 valence electrons. The van der Waals surface area contributed by atoms with Gasteiger partial charge < -0.3 is 14.6 Å². The van der Waals surface area contributed by atoms with Gasteiger partial charge in [0.15, 0.2) is 4.34 Å².